The fourth-order valence-corrected chi connectivity index (χ4v) is 2.50. The van der Waals surface area contributed by atoms with Crippen molar-refractivity contribution in [3.05, 3.63) is 54.1 Å². The molecule has 2 rings (SSSR count). The predicted octanol–water partition coefficient (Wildman–Crippen LogP) is 3.20. The average molecular weight is 312 g/mol. The second-order valence-electron chi connectivity index (χ2n) is 4.71. The SMILES string of the molecule is C[C@@H](N)c1ccc(-c2ccc(S(C)(=O)=O)cc2)cc1.Cl. The van der Waals surface area contributed by atoms with Crippen LogP contribution in [0.15, 0.2) is 53.4 Å². The molecule has 0 amide bonds. The molecule has 0 spiro atoms. The van der Waals surface area contributed by atoms with Crippen LogP contribution < -0.4 is 5.73 Å². The van der Waals surface area contributed by atoms with Gasteiger partial charge >= 0.3 is 0 Å². The molecule has 0 saturated heterocycles. The van der Waals surface area contributed by atoms with Gasteiger partial charge in [-0.25, -0.2) is 8.42 Å². The molecular formula is C15H18ClNO2S. The van der Waals surface area contributed by atoms with Gasteiger partial charge in [-0.15, -0.1) is 12.4 Å². The lowest BCUT2D eigenvalue weighted by atomic mass is 10.0. The van der Waals surface area contributed by atoms with Crippen molar-refractivity contribution in [3.8, 4) is 11.1 Å². The molecule has 108 valence electrons. The van der Waals surface area contributed by atoms with Crippen LogP contribution in [0.2, 0.25) is 0 Å². The molecule has 0 heterocycles. The summed E-state index contributed by atoms with van der Waals surface area (Å²) in [6.45, 7) is 1.94. The van der Waals surface area contributed by atoms with Gasteiger partial charge in [-0.1, -0.05) is 36.4 Å². The van der Waals surface area contributed by atoms with Gasteiger partial charge in [-0.3, -0.25) is 0 Å². The first-order valence-corrected chi connectivity index (χ1v) is 7.93. The summed E-state index contributed by atoms with van der Waals surface area (Å²) in [5.41, 5.74) is 8.92. The van der Waals surface area contributed by atoms with Gasteiger partial charge in [0.2, 0.25) is 0 Å². The Hall–Kier alpha value is -1.36. The van der Waals surface area contributed by atoms with Gasteiger partial charge in [0.25, 0.3) is 0 Å². The Kier molecular flexibility index (Phi) is 5.34. The topological polar surface area (TPSA) is 60.2 Å². The van der Waals surface area contributed by atoms with Crippen molar-refractivity contribution in [1.82, 2.24) is 0 Å². The maximum absolute atomic E-state index is 11.4. The van der Waals surface area contributed by atoms with Crippen molar-refractivity contribution < 1.29 is 8.42 Å². The summed E-state index contributed by atoms with van der Waals surface area (Å²) in [7, 11) is -3.14. The van der Waals surface area contributed by atoms with Crippen LogP contribution in [0.1, 0.15) is 18.5 Å². The first-order valence-electron chi connectivity index (χ1n) is 6.04. The average Bonchev–Trinajstić information content (AvgIpc) is 2.38. The number of halogens is 1. The molecule has 1 atom stereocenters. The second-order valence-corrected chi connectivity index (χ2v) is 6.72. The predicted molar refractivity (Wildman–Crippen MR) is 84.8 cm³/mol. The maximum Gasteiger partial charge on any atom is 0.175 e. The highest BCUT2D eigenvalue weighted by atomic mass is 35.5. The van der Waals surface area contributed by atoms with Crippen LogP contribution in [0.3, 0.4) is 0 Å². The lowest BCUT2D eigenvalue weighted by molar-refractivity contribution is 0.602. The largest absolute Gasteiger partial charge is 0.324 e. The molecule has 3 nitrogen and oxygen atoms in total. The van der Waals surface area contributed by atoms with E-state index in [0.717, 1.165) is 16.7 Å². The molecule has 20 heavy (non-hydrogen) atoms. The van der Waals surface area contributed by atoms with E-state index < -0.39 is 9.84 Å². The highest BCUT2D eigenvalue weighted by molar-refractivity contribution is 7.90. The molecular weight excluding hydrogens is 294 g/mol. The molecule has 0 saturated carbocycles. The molecule has 5 heteroatoms. The molecule has 0 fully saturated rings. The van der Waals surface area contributed by atoms with E-state index in [1.807, 2.05) is 43.3 Å². The van der Waals surface area contributed by atoms with E-state index in [1.165, 1.54) is 6.26 Å². The van der Waals surface area contributed by atoms with Gasteiger partial charge in [-0.05, 0) is 35.7 Å². The molecule has 0 aliphatic carbocycles. The van der Waals surface area contributed by atoms with Crippen LogP contribution in [-0.4, -0.2) is 14.7 Å². The van der Waals surface area contributed by atoms with Gasteiger partial charge < -0.3 is 5.73 Å². The summed E-state index contributed by atoms with van der Waals surface area (Å²) in [5.74, 6) is 0. The van der Waals surface area contributed by atoms with Crippen molar-refractivity contribution in [2.24, 2.45) is 5.73 Å². The minimum Gasteiger partial charge on any atom is -0.324 e. The van der Waals surface area contributed by atoms with E-state index >= 15 is 0 Å². The van der Waals surface area contributed by atoms with Crippen LogP contribution >= 0.6 is 12.4 Å². The summed E-state index contributed by atoms with van der Waals surface area (Å²) in [6.07, 6.45) is 1.21. The molecule has 0 unspecified atom stereocenters. The standard InChI is InChI=1S/C15H17NO2S.ClH/c1-11(16)12-3-5-13(6-4-12)14-7-9-15(10-8-14)19(2,17)18;/h3-11H,16H2,1-2H3;1H/t11-;/m1./s1. The molecule has 0 aromatic heterocycles. The zero-order valence-electron chi connectivity index (χ0n) is 11.4. The number of hydrogen-bond donors (Lipinski definition) is 1. The number of rotatable bonds is 3. The summed E-state index contributed by atoms with van der Waals surface area (Å²) in [6, 6.07) is 14.9. The second kappa shape index (κ2) is 6.39. The Morgan fingerprint density at radius 2 is 1.30 bits per heavy atom. The monoisotopic (exact) mass is 311 g/mol. The number of nitrogens with two attached hydrogens (primary N) is 1. The minimum absolute atomic E-state index is 0. The fourth-order valence-electron chi connectivity index (χ4n) is 1.87. The van der Waals surface area contributed by atoms with Gasteiger partial charge in [-0.2, -0.15) is 0 Å². The Labute approximate surface area is 126 Å². The summed E-state index contributed by atoms with van der Waals surface area (Å²) in [5, 5.41) is 0. The van der Waals surface area contributed by atoms with Crippen LogP contribution in [0, 0.1) is 0 Å². The summed E-state index contributed by atoms with van der Waals surface area (Å²) < 4.78 is 22.8. The van der Waals surface area contributed by atoms with Crippen LogP contribution in [0.5, 0.6) is 0 Å². The zero-order chi connectivity index (χ0) is 14.0. The van der Waals surface area contributed by atoms with Crippen molar-refractivity contribution >= 4 is 22.2 Å². The number of hydrogen-bond acceptors (Lipinski definition) is 3. The molecule has 2 aromatic carbocycles. The zero-order valence-corrected chi connectivity index (χ0v) is 13.0. The minimum atomic E-state index is -3.14. The van der Waals surface area contributed by atoms with Crippen LogP contribution in [0.25, 0.3) is 11.1 Å². The number of benzene rings is 2. The van der Waals surface area contributed by atoms with E-state index in [-0.39, 0.29) is 18.4 Å². The highest BCUT2D eigenvalue weighted by Crippen LogP contribution is 2.23. The molecule has 2 N–H and O–H groups in total. The Bertz CT molecular complexity index is 662. The highest BCUT2D eigenvalue weighted by Gasteiger charge is 2.07. The van der Waals surface area contributed by atoms with Crippen LogP contribution in [0.4, 0.5) is 0 Å². The van der Waals surface area contributed by atoms with Crippen molar-refractivity contribution in [2.45, 2.75) is 17.9 Å². The third kappa shape index (κ3) is 3.82. The normalized spacial score (nSPS) is 12.6. The third-order valence-corrected chi connectivity index (χ3v) is 4.18. The first-order chi connectivity index (χ1) is 8.88. The lowest BCUT2D eigenvalue weighted by Gasteiger charge is -2.07. The van der Waals surface area contributed by atoms with Crippen molar-refractivity contribution in [3.63, 3.8) is 0 Å². The van der Waals surface area contributed by atoms with Gasteiger partial charge in [0.15, 0.2) is 9.84 Å². The Morgan fingerprint density at radius 3 is 1.65 bits per heavy atom. The molecule has 0 aliphatic heterocycles. The van der Waals surface area contributed by atoms with E-state index in [9.17, 15) is 8.42 Å². The van der Waals surface area contributed by atoms with Gasteiger partial charge in [0.05, 0.1) is 4.90 Å². The molecule has 2 aromatic rings. The summed E-state index contributed by atoms with van der Waals surface area (Å²) in [4.78, 5) is 0.337. The van der Waals surface area contributed by atoms with E-state index in [1.54, 1.807) is 12.1 Å². The van der Waals surface area contributed by atoms with Crippen molar-refractivity contribution in [2.75, 3.05) is 6.26 Å². The van der Waals surface area contributed by atoms with Crippen molar-refractivity contribution in [1.29, 1.82) is 0 Å². The number of sulfone groups is 1. The van der Waals surface area contributed by atoms with Gasteiger partial charge in [0.1, 0.15) is 0 Å². The van der Waals surface area contributed by atoms with E-state index in [2.05, 4.69) is 0 Å². The smallest absolute Gasteiger partial charge is 0.175 e. The fraction of sp³-hybridized carbons (Fsp3) is 0.200. The lowest BCUT2D eigenvalue weighted by Crippen LogP contribution is -2.04. The summed E-state index contributed by atoms with van der Waals surface area (Å²) >= 11 is 0. The van der Waals surface area contributed by atoms with Gasteiger partial charge in [0, 0.05) is 12.3 Å². The molecule has 0 aliphatic rings. The first kappa shape index (κ1) is 16.7. The quantitative estimate of drug-likeness (QED) is 0.947. The van der Waals surface area contributed by atoms with E-state index in [4.69, 9.17) is 5.73 Å². The maximum atomic E-state index is 11.4. The van der Waals surface area contributed by atoms with Crippen LogP contribution in [-0.2, 0) is 9.84 Å². The Morgan fingerprint density at radius 1 is 0.900 bits per heavy atom. The Balaban J connectivity index is 0.00000200. The molecule has 0 radical (unpaired) electrons. The molecule has 0 bridgehead atoms. The van der Waals surface area contributed by atoms with E-state index in [0.29, 0.717) is 4.90 Å². The third-order valence-electron chi connectivity index (χ3n) is 3.05.